The summed E-state index contributed by atoms with van der Waals surface area (Å²) in [6.45, 7) is 1.38. The second-order valence-corrected chi connectivity index (χ2v) is 11.1. The second kappa shape index (κ2) is 10.1. The van der Waals surface area contributed by atoms with Crippen LogP contribution in [0.3, 0.4) is 0 Å². The first-order chi connectivity index (χ1) is 16.7. The van der Waals surface area contributed by atoms with Gasteiger partial charge in [0.05, 0.1) is 30.4 Å². The van der Waals surface area contributed by atoms with Crippen LogP contribution >= 0.6 is 11.3 Å². The number of sulfonamides is 1. The Bertz CT molecular complexity index is 1350. The fraction of sp³-hybridized carbons (Fsp3) is 0.280. The standard InChI is InChI=1S/C25H26N2O6S2/c1-16-7-13-19(14-8-16)35(30,31)27(17-9-11-18(32-2)12-10-17)15-22(28)26-24-23(25(29)33-3)20-5-4-6-21(20)34-24/h7-14H,4-6,15H2,1-3H3,(H,26,28). The van der Waals surface area contributed by atoms with E-state index in [1.54, 1.807) is 36.4 Å². The van der Waals surface area contributed by atoms with Crippen LogP contribution in [0, 0.1) is 6.92 Å². The molecular weight excluding hydrogens is 488 g/mol. The quantitative estimate of drug-likeness (QED) is 0.453. The van der Waals surface area contributed by atoms with Gasteiger partial charge < -0.3 is 14.8 Å². The highest BCUT2D eigenvalue weighted by atomic mass is 32.2. The van der Waals surface area contributed by atoms with E-state index in [4.69, 9.17) is 9.47 Å². The van der Waals surface area contributed by atoms with Crippen LogP contribution in [0.4, 0.5) is 10.7 Å². The summed E-state index contributed by atoms with van der Waals surface area (Å²) in [5, 5.41) is 3.14. The Labute approximate surface area is 208 Å². The van der Waals surface area contributed by atoms with Crippen LogP contribution in [0.15, 0.2) is 53.4 Å². The molecule has 2 aromatic carbocycles. The maximum atomic E-state index is 13.6. The van der Waals surface area contributed by atoms with Crippen molar-refractivity contribution in [2.24, 2.45) is 0 Å². The van der Waals surface area contributed by atoms with Crippen LogP contribution in [-0.2, 0) is 32.4 Å². The zero-order valence-corrected chi connectivity index (χ0v) is 21.3. The van der Waals surface area contributed by atoms with E-state index in [1.165, 1.54) is 37.7 Å². The molecule has 1 heterocycles. The minimum Gasteiger partial charge on any atom is -0.497 e. The number of ether oxygens (including phenoxy) is 2. The Morgan fingerprint density at radius 1 is 1.03 bits per heavy atom. The van der Waals surface area contributed by atoms with Crippen LogP contribution in [0.5, 0.6) is 5.75 Å². The third kappa shape index (κ3) is 5.03. The van der Waals surface area contributed by atoms with Crippen LogP contribution in [0.1, 0.15) is 32.8 Å². The lowest BCUT2D eigenvalue weighted by Crippen LogP contribution is -2.38. The highest BCUT2D eigenvalue weighted by Crippen LogP contribution is 2.39. The zero-order valence-electron chi connectivity index (χ0n) is 19.7. The Hall–Kier alpha value is -3.37. The summed E-state index contributed by atoms with van der Waals surface area (Å²) in [6.07, 6.45) is 2.52. The number of anilines is 2. The number of methoxy groups -OCH3 is 2. The molecule has 0 unspecified atom stereocenters. The summed E-state index contributed by atoms with van der Waals surface area (Å²) in [5.74, 6) is -0.526. The van der Waals surface area contributed by atoms with Crippen molar-refractivity contribution in [3.63, 3.8) is 0 Å². The molecular formula is C25H26N2O6S2. The first-order valence-electron chi connectivity index (χ1n) is 11.0. The van der Waals surface area contributed by atoms with E-state index >= 15 is 0 Å². The number of hydrogen-bond donors (Lipinski definition) is 1. The average Bonchev–Trinajstić information content (AvgIpc) is 3.43. The van der Waals surface area contributed by atoms with E-state index in [2.05, 4.69) is 5.32 Å². The monoisotopic (exact) mass is 514 g/mol. The number of benzene rings is 2. The van der Waals surface area contributed by atoms with E-state index in [0.29, 0.717) is 22.0 Å². The van der Waals surface area contributed by atoms with Gasteiger partial charge in [0.2, 0.25) is 5.91 Å². The highest BCUT2D eigenvalue weighted by molar-refractivity contribution is 7.92. The fourth-order valence-corrected chi connectivity index (χ4v) is 6.72. The lowest BCUT2D eigenvalue weighted by molar-refractivity contribution is -0.114. The van der Waals surface area contributed by atoms with Crippen LogP contribution in [0.2, 0.25) is 0 Å². The van der Waals surface area contributed by atoms with E-state index in [1.807, 2.05) is 6.92 Å². The lowest BCUT2D eigenvalue weighted by atomic mass is 10.1. The predicted octanol–water partition coefficient (Wildman–Crippen LogP) is 4.17. The van der Waals surface area contributed by atoms with Gasteiger partial charge in [0.15, 0.2) is 0 Å². The van der Waals surface area contributed by atoms with Gasteiger partial charge in [-0.2, -0.15) is 0 Å². The van der Waals surface area contributed by atoms with E-state index in [9.17, 15) is 18.0 Å². The summed E-state index contributed by atoms with van der Waals surface area (Å²) in [5.41, 5.74) is 2.48. The molecule has 35 heavy (non-hydrogen) atoms. The molecule has 0 saturated heterocycles. The van der Waals surface area contributed by atoms with Crippen molar-refractivity contribution in [3.8, 4) is 5.75 Å². The molecule has 1 amide bonds. The minimum atomic E-state index is -4.06. The molecule has 0 bridgehead atoms. The van der Waals surface area contributed by atoms with E-state index in [-0.39, 0.29) is 4.90 Å². The summed E-state index contributed by atoms with van der Waals surface area (Å²) in [4.78, 5) is 26.7. The van der Waals surface area contributed by atoms with Crippen molar-refractivity contribution in [2.75, 3.05) is 30.4 Å². The van der Waals surface area contributed by atoms with Gasteiger partial charge in [0.1, 0.15) is 17.3 Å². The van der Waals surface area contributed by atoms with Crippen molar-refractivity contribution >= 4 is 43.9 Å². The van der Waals surface area contributed by atoms with Crippen molar-refractivity contribution in [1.82, 2.24) is 0 Å². The molecule has 0 fully saturated rings. The number of thiophene rings is 1. The van der Waals surface area contributed by atoms with Crippen LogP contribution < -0.4 is 14.4 Å². The number of esters is 1. The number of rotatable bonds is 8. The number of carbonyl (C=O) groups excluding carboxylic acids is 2. The van der Waals surface area contributed by atoms with Gasteiger partial charge in [-0.15, -0.1) is 11.3 Å². The molecule has 0 saturated carbocycles. The van der Waals surface area contributed by atoms with Gasteiger partial charge in [-0.05, 0) is 68.1 Å². The molecule has 0 atom stereocenters. The molecule has 184 valence electrons. The molecule has 0 radical (unpaired) electrons. The van der Waals surface area contributed by atoms with Gasteiger partial charge in [-0.25, -0.2) is 13.2 Å². The Morgan fingerprint density at radius 2 is 1.71 bits per heavy atom. The molecule has 4 rings (SSSR count). The SMILES string of the molecule is COC(=O)c1c(NC(=O)CN(c2ccc(OC)cc2)S(=O)(=O)c2ccc(C)cc2)sc2c1CCC2. The topological polar surface area (TPSA) is 102 Å². The zero-order chi connectivity index (χ0) is 25.2. The molecule has 0 aliphatic heterocycles. The van der Waals surface area contributed by atoms with Gasteiger partial charge in [0.25, 0.3) is 10.0 Å². The summed E-state index contributed by atoms with van der Waals surface area (Å²) >= 11 is 1.34. The molecule has 1 aliphatic rings. The molecule has 8 nitrogen and oxygen atoms in total. The first kappa shape index (κ1) is 24.7. The van der Waals surface area contributed by atoms with Crippen LogP contribution in [0.25, 0.3) is 0 Å². The maximum absolute atomic E-state index is 13.6. The third-order valence-corrected chi connectivity index (χ3v) is 8.82. The summed E-state index contributed by atoms with van der Waals surface area (Å²) in [6, 6.07) is 12.9. The Balaban J connectivity index is 1.67. The number of amides is 1. The van der Waals surface area contributed by atoms with Gasteiger partial charge in [-0.1, -0.05) is 17.7 Å². The highest BCUT2D eigenvalue weighted by Gasteiger charge is 2.31. The van der Waals surface area contributed by atoms with Crippen molar-refractivity contribution in [2.45, 2.75) is 31.1 Å². The van der Waals surface area contributed by atoms with Gasteiger partial charge >= 0.3 is 5.97 Å². The van der Waals surface area contributed by atoms with Gasteiger partial charge in [0, 0.05) is 4.88 Å². The summed E-state index contributed by atoms with van der Waals surface area (Å²) < 4.78 is 38.3. The predicted molar refractivity (Wildman–Crippen MR) is 135 cm³/mol. The Kier molecular flexibility index (Phi) is 7.13. The molecule has 1 aromatic heterocycles. The maximum Gasteiger partial charge on any atom is 0.341 e. The normalized spacial score (nSPS) is 12.7. The van der Waals surface area contributed by atoms with Crippen molar-refractivity contribution in [3.05, 3.63) is 70.1 Å². The largest absolute Gasteiger partial charge is 0.497 e. The summed E-state index contributed by atoms with van der Waals surface area (Å²) in [7, 11) is -1.25. The molecule has 1 N–H and O–H groups in total. The van der Waals surface area contributed by atoms with E-state index < -0.39 is 28.4 Å². The van der Waals surface area contributed by atoms with Crippen molar-refractivity contribution < 1.29 is 27.5 Å². The molecule has 3 aromatic rings. The van der Waals surface area contributed by atoms with E-state index in [0.717, 1.165) is 39.6 Å². The average molecular weight is 515 g/mol. The fourth-order valence-electron chi connectivity index (χ4n) is 4.01. The van der Waals surface area contributed by atoms with Gasteiger partial charge in [-0.3, -0.25) is 9.10 Å². The number of nitrogens with zero attached hydrogens (tertiary/aromatic N) is 1. The Morgan fingerprint density at radius 3 is 2.34 bits per heavy atom. The number of hydrogen-bond acceptors (Lipinski definition) is 7. The number of aryl methyl sites for hydroxylation is 2. The molecule has 0 spiro atoms. The lowest BCUT2D eigenvalue weighted by Gasteiger charge is -2.24. The number of fused-ring (bicyclic) bond motifs is 1. The smallest absolute Gasteiger partial charge is 0.341 e. The second-order valence-electron chi connectivity index (χ2n) is 8.12. The molecule has 10 heteroatoms. The van der Waals surface area contributed by atoms with Crippen molar-refractivity contribution in [1.29, 1.82) is 0 Å². The minimum absolute atomic E-state index is 0.0667. The number of nitrogens with one attached hydrogen (secondary N) is 1. The first-order valence-corrected chi connectivity index (χ1v) is 13.3. The third-order valence-electron chi connectivity index (χ3n) is 5.82. The molecule has 1 aliphatic carbocycles. The van der Waals surface area contributed by atoms with Crippen LogP contribution in [-0.4, -0.2) is 41.1 Å². The number of carbonyl (C=O) groups is 2.